The van der Waals surface area contributed by atoms with E-state index in [9.17, 15) is 14.7 Å². The first-order valence-corrected chi connectivity index (χ1v) is 13.9. The van der Waals surface area contributed by atoms with Crippen molar-refractivity contribution < 1.29 is 33.6 Å². The van der Waals surface area contributed by atoms with Crippen LogP contribution in [0.15, 0.2) is 35.4 Å². The third-order valence-corrected chi connectivity index (χ3v) is 9.46. The summed E-state index contributed by atoms with van der Waals surface area (Å²) in [7, 11) is 0. The van der Waals surface area contributed by atoms with Crippen molar-refractivity contribution in [2.24, 2.45) is 17.8 Å². The first kappa shape index (κ1) is 25.1. The van der Waals surface area contributed by atoms with E-state index in [1.165, 1.54) is 0 Å². The van der Waals surface area contributed by atoms with Crippen molar-refractivity contribution >= 4 is 17.6 Å². The molecule has 2 saturated heterocycles. The molecule has 39 heavy (non-hydrogen) atoms. The highest BCUT2D eigenvalue weighted by molar-refractivity contribution is 6.18. The van der Waals surface area contributed by atoms with Crippen molar-refractivity contribution in [3.63, 3.8) is 0 Å². The summed E-state index contributed by atoms with van der Waals surface area (Å²) in [6, 6.07) is 1.70. The summed E-state index contributed by atoms with van der Waals surface area (Å²) in [5, 5.41) is 11.3. The van der Waals surface area contributed by atoms with Crippen molar-refractivity contribution in [2.75, 3.05) is 39.5 Å². The number of phenols is 1. The van der Waals surface area contributed by atoms with E-state index in [-0.39, 0.29) is 40.5 Å². The molecule has 1 aromatic carbocycles. The average molecular weight is 534 g/mol. The summed E-state index contributed by atoms with van der Waals surface area (Å²) in [5.41, 5.74) is -1.06. The molecule has 5 atom stereocenters. The highest BCUT2D eigenvalue weighted by atomic mass is 16.6. The fourth-order valence-electron chi connectivity index (χ4n) is 7.60. The number of Topliss-reactive ketones (excluding diaryl/α,β-unsaturated/α-hetero) is 2. The Kier molecular flexibility index (Phi) is 5.32. The molecule has 0 radical (unpaired) electrons. The first-order valence-electron chi connectivity index (χ1n) is 13.9. The van der Waals surface area contributed by atoms with Gasteiger partial charge in [-0.1, -0.05) is 17.7 Å². The number of carbonyl (C=O) groups is 2. The normalized spacial score (nSPS) is 35.4. The summed E-state index contributed by atoms with van der Waals surface area (Å²) in [6.45, 7) is 11.8. The van der Waals surface area contributed by atoms with Crippen LogP contribution in [0.3, 0.4) is 0 Å². The average Bonchev–Trinajstić information content (AvgIpc) is 3.17. The Labute approximate surface area is 228 Å². The van der Waals surface area contributed by atoms with E-state index in [0.29, 0.717) is 49.7 Å². The Morgan fingerprint density at radius 3 is 2.67 bits per heavy atom. The Bertz CT molecular complexity index is 1380. The number of fused-ring (bicyclic) bond motifs is 2. The lowest BCUT2D eigenvalue weighted by atomic mass is 9.49. The predicted octanol–water partition coefficient (Wildman–Crippen LogP) is 3.72. The van der Waals surface area contributed by atoms with Crippen LogP contribution in [0.2, 0.25) is 0 Å². The third-order valence-electron chi connectivity index (χ3n) is 9.46. The van der Waals surface area contributed by atoms with Crippen LogP contribution in [0.4, 0.5) is 0 Å². The van der Waals surface area contributed by atoms with Crippen LogP contribution < -0.4 is 9.47 Å². The molecule has 1 spiro atoms. The zero-order chi connectivity index (χ0) is 27.3. The molecule has 206 valence electrons. The smallest absolute Gasteiger partial charge is 0.200 e. The molecular formula is C31H35NO7. The summed E-state index contributed by atoms with van der Waals surface area (Å²) < 4.78 is 25.2. The minimum atomic E-state index is -1.30. The highest BCUT2D eigenvalue weighted by Crippen LogP contribution is 2.65. The maximum absolute atomic E-state index is 14.4. The fraction of sp³-hybridized carbons (Fsp3) is 0.548. The van der Waals surface area contributed by atoms with Crippen LogP contribution in [0.1, 0.15) is 50.0 Å². The molecule has 1 N–H and O–H groups in total. The van der Waals surface area contributed by atoms with E-state index in [4.69, 9.17) is 18.9 Å². The number of benzene rings is 1. The van der Waals surface area contributed by atoms with Gasteiger partial charge in [0.2, 0.25) is 0 Å². The monoisotopic (exact) mass is 533 g/mol. The lowest BCUT2D eigenvalue weighted by molar-refractivity contribution is -0.171. The molecule has 7 aliphatic rings. The molecule has 4 heterocycles. The van der Waals surface area contributed by atoms with Gasteiger partial charge in [-0.15, -0.1) is 0 Å². The van der Waals surface area contributed by atoms with Crippen LogP contribution in [0.5, 0.6) is 17.2 Å². The number of carbonyl (C=O) groups excluding carboxylic acids is 2. The van der Waals surface area contributed by atoms with E-state index >= 15 is 0 Å². The Hall–Kier alpha value is -2.94. The maximum atomic E-state index is 14.4. The van der Waals surface area contributed by atoms with Crippen LogP contribution >= 0.6 is 0 Å². The summed E-state index contributed by atoms with van der Waals surface area (Å²) >= 11 is 0. The van der Waals surface area contributed by atoms with Gasteiger partial charge in [0, 0.05) is 49.5 Å². The van der Waals surface area contributed by atoms with Gasteiger partial charge in [0.1, 0.15) is 28.4 Å². The van der Waals surface area contributed by atoms with Crippen LogP contribution in [-0.4, -0.2) is 77.8 Å². The molecule has 4 aliphatic heterocycles. The maximum Gasteiger partial charge on any atom is 0.200 e. The van der Waals surface area contributed by atoms with Gasteiger partial charge >= 0.3 is 0 Å². The number of phenolic OH excluding ortho intramolecular Hbond substituents is 1. The highest BCUT2D eigenvalue weighted by Gasteiger charge is 2.79. The fourth-order valence-corrected chi connectivity index (χ4v) is 7.60. The van der Waals surface area contributed by atoms with Gasteiger partial charge < -0.3 is 24.1 Å². The van der Waals surface area contributed by atoms with Crippen molar-refractivity contribution in [1.82, 2.24) is 4.90 Å². The Balaban J connectivity index is 1.40. The lowest BCUT2D eigenvalue weighted by Crippen LogP contribution is -2.74. The number of aromatic hydroxyl groups is 1. The van der Waals surface area contributed by atoms with Crippen LogP contribution in [-0.2, 0) is 14.3 Å². The molecule has 3 aliphatic carbocycles. The van der Waals surface area contributed by atoms with E-state index in [2.05, 4.69) is 4.90 Å². The SMILES string of the molecule is CC(C)=CC[C@@]12OC[C@@H]3[C@@H](CN4CCOCC4)[C@@H](C=C4C(=O)c5c(cc6c(c5O)C=CC(C)(C)O6)O[C@]431)C2=O. The quantitative estimate of drug-likeness (QED) is 0.586. The molecule has 8 rings (SSSR count). The second kappa shape index (κ2) is 8.29. The van der Waals surface area contributed by atoms with E-state index in [1.807, 2.05) is 45.9 Å². The largest absolute Gasteiger partial charge is 0.506 e. The third kappa shape index (κ3) is 3.28. The molecule has 8 heteroatoms. The number of ketones is 2. The minimum absolute atomic E-state index is 0.0190. The molecule has 3 fully saturated rings. The lowest BCUT2D eigenvalue weighted by Gasteiger charge is -2.58. The molecular weight excluding hydrogens is 498 g/mol. The van der Waals surface area contributed by atoms with Gasteiger partial charge in [0.15, 0.2) is 22.8 Å². The van der Waals surface area contributed by atoms with Gasteiger partial charge in [-0.3, -0.25) is 14.5 Å². The summed E-state index contributed by atoms with van der Waals surface area (Å²) in [5.74, 6) is -0.484. The predicted molar refractivity (Wildman–Crippen MR) is 143 cm³/mol. The number of hydrogen-bond donors (Lipinski definition) is 1. The molecule has 0 aromatic heterocycles. The van der Waals surface area contributed by atoms with Gasteiger partial charge in [-0.2, -0.15) is 0 Å². The minimum Gasteiger partial charge on any atom is -0.506 e. The van der Waals surface area contributed by atoms with Crippen molar-refractivity contribution in [2.45, 2.75) is 50.9 Å². The number of morpholine rings is 1. The first-order chi connectivity index (χ1) is 18.6. The summed E-state index contributed by atoms with van der Waals surface area (Å²) in [4.78, 5) is 31.0. The number of nitrogens with zero attached hydrogens (tertiary/aromatic N) is 1. The number of hydrogen-bond acceptors (Lipinski definition) is 8. The molecule has 8 nitrogen and oxygen atoms in total. The zero-order valence-corrected chi connectivity index (χ0v) is 22.9. The molecule has 1 saturated carbocycles. The van der Waals surface area contributed by atoms with Crippen molar-refractivity contribution in [1.29, 1.82) is 0 Å². The Morgan fingerprint density at radius 2 is 1.92 bits per heavy atom. The van der Waals surface area contributed by atoms with E-state index < -0.39 is 22.7 Å². The Morgan fingerprint density at radius 1 is 1.15 bits per heavy atom. The van der Waals surface area contributed by atoms with Gasteiger partial charge in [0.25, 0.3) is 0 Å². The standard InChI is InChI=1S/C31H35NO7/c1-17(2)5-8-30-28(35)19-13-21-27(34)25-24(14-23-18(26(25)33)6-7-29(3,4)38-23)39-31(21,30)22(16-37-30)20(19)15-32-9-11-36-12-10-32/h5-7,13-14,19-20,22,33H,8-12,15-16H2,1-4H3/t19-,20+,22-,30+,31-/m1/s1. The van der Waals surface area contributed by atoms with Gasteiger partial charge in [-0.05, 0) is 45.8 Å². The van der Waals surface area contributed by atoms with E-state index in [1.54, 1.807) is 12.1 Å². The molecule has 1 aromatic rings. The number of ether oxygens (including phenoxy) is 4. The van der Waals surface area contributed by atoms with E-state index in [0.717, 1.165) is 18.7 Å². The topological polar surface area (TPSA) is 94.5 Å². The van der Waals surface area contributed by atoms with Gasteiger partial charge in [0.05, 0.1) is 25.4 Å². The molecule has 0 unspecified atom stereocenters. The van der Waals surface area contributed by atoms with Crippen LogP contribution in [0.25, 0.3) is 6.08 Å². The molecule has 4 bridgehead atoms. The summed E-state index contributed by atoms with van der Waals surface area (Å²) in [6.07, 6.45) is 7.82. The second-order valence-corrected chi connectivity index (χ2v) is 12.5. The van der Waals surface area contributed by atoms with Crippen LogP contribution in [0, 0.1) is 17.8 Å². The molecule has 0 amide bonds. The van der Waals surface area contributed by atoms with Gasteiger partial charge in [-0.25, -0.2) is 0 Å². The zero-order valence-electron chi connectivity index (χ0n) is 22.9. The van der Waals surface area contributed by atoms with Crippen molar-refractivity contribution in [3.8, 4) is 17.2 Å². The number of allylic oxidation sites excluding steroid dienone is 2. The second-order valence-electron chi connectivity index (χ2n) is 12.5. The number of rotatable bonds is 4. The van der Waals surface area contributed by atoms with Crippen molar-refractivity contribution in [3.05, 3.63) is 46.6 Å².